The van der Waals surface area contributed by atoms with Crippen LogP contribution in [0.3, 0.4) is 0 Å². The van der Waals surface area contributed by atoms with Crippen molar-refractivity contribution in [2.45, 2.75) is 43.8 Å². The van der Waals surface area contributed by atoms with E-state index in [-0.39, 0.29) is 24.6 Å². The largest absolute Gasteiger partial charge is 0.484 e. The van der Waals surface area contributed by atoms with E-state index >= 15 is 0 Å². The highest BCUT2D eigenvalue weighted by Crippen LogP contribution is 2.40. The van der Waals surface area contributed by atoms with Crippen LogP contribution in [-0.4, -0.2) is 39.3 Å². The second kappa shape index (κ2) is 6.48. The molecule has 3 heterocycles. The fourth-order valence-electron chi connectivity index (χ4n) is 4.02. The van der Waals surface area contributed by atoms with Crippen LogP contribution < -0.4 is 4.74 Å². The number of halogens is 1. The van der Waals surface area contributed by atoms with Crippen molar-refractivity contribution in [2.24, 2.45) is 0 Å². The Morgan fingerprint density at radius 1 is 1.17 bits per heavy atom. The molecule has 1 aromatic heterocycles. The molecular formula is C18H20ClN3O2. The van der Waals surface area contributed by atoms with Gasteiger partial charge in [0.25, 0.3) is 5.91 Å². The lowest BCUT2D eigenvalue weighted by molar-refractivity contribution is -0.138. The molecule has 6 heteroatoms. The van der Waals surface area contributed by atoms with Gasteiger partial charge in [0, 0.05) is 18.3 Å². The van der Waals surface area contributed by atoms with Gasteiger partial charge in [-0.15, -0.1) is 0 Å². The first-order chi connectivity index (χ1) is 11.7. The Kier molecular flexibility index (Phi) is 4.19. The molecular weight excluding hydrogens is 326 g/mol. The third-order valence-corrected chi connectivity index (χ3v) is 5.24. The molecule has 1 amide bonds. The zero-order valence-corrected chi connectivity index (χ0v) is 14.1. The molecule has 126 valence electrons. The van der Waals surface area contributed by atoms with Crippen molar-refractivity contribution in [3.8, 4) is 5.75 Å². The van der Waals surface area contributed by atoms with E-state index in [1.807, 2.05) is 46.1 Å². The smallest absolute Gasteiger partial charge is 0.261 e. The summed E-state index contributed by atoms with van der Waals surface area (Å²) >= 11 is 5.98. The number of ether oxygens (including phenoxy) is 1. The summed E-state index contributed by atoms with van der Waals surface area (Å²) in [4.78, 5) is 14.7. The van der Waals surface area contributed by atoms with Crippen LogP contribution in [0.1, 0.15) is 31.7 Å². The topological polar surface area (TPSA) is 47.4 Å². The molecule has 2 aliphatic rings. The molecule has 2 unspecified atom stereocenters. The summed E-state index contributed by atoms with van der Waals surface area (Å²) in [6, 6.07) is 10.4. The molecule has 4 rings (SSSR count). The summed E-state index contributed by atoms with van der Waals surface area (Å²) in [5.41, 5.74) is 0. The maximum atomic E-state index is 12.6. The minimum atomic E-state index is 0.0864. The minimum absolute atomic E-state index is 0.0864. The summed E-state index contributed by atoms with van der Waals surface area (Å²) in [6.07, 6.45) is 7.55. The molecule has 2 saturated heterocycles. The normalized spacial score (nSPS) is 25.7. The molecule has 5 nitrogen and oxygen atoms in total. The van der Waals surface area contributed by atoms with Crippen LogP contribution in [0.5, 0.6) is 5.75 Å². The van der Waals surface area contributed by atoms with E-state index in [1.54, 1.807) is 6.20 Å². The molecule has 0 aliphatic carbocycles. The Morgan fingerprint density at radius 2 is 1.88 bits per heavy atom. The fraction of sp³-hybridized carbons (Fsp3) is 0.444. The molecule has 0 spiro atoms. The Labute approximate surface area is 146 Å². The van der Waals surface area contributed by atoms with Crippen molar-refractivity contribution in [3.05, 3.63) is 47.7 Å². The number of fused-ring (bicyclic) bond motifs is 2. The number of rotatable bonds is 4. The number of hydrogen-bond acceptors (Lipinski definition) is 3. The lowest BCUT2D eigenvalue weighted by Crippen LogP contribution is -2.48. The van der Waals surface area contributed by atoms with Crippen LogP contribution in [0.25, 0.3) is 0 Å². The maximum Gasteiger partial charge on any atom is 0.261 e. The zero-order valence-electron chi connectivity index (χ0n) is 13.3. The zero-order chi connectivity index (χ0) is 16.5. The van der Waals surface area contributed by atoms with Gasteiger partial charge < -0.3 is 9.64 Å². The first-order valence-electron chi connectivity index (χ1n) is 8.39. The van der Waals surface area contributed by atoms with E-state index in [1.165, 1.54) is 0 Å². The monoisotopic (exact) mass is 345 g/mol. The summed E-state index contributed by atoms with van der Waals surface area (Å²) < 4.78 is 7.59. The van der Waals surface area contributed by atoms with E-state index in [4.69, 9.17) is 16.3 Å². The van der Waals surface area contributed by atoms with E-state index in [0.717, 1.165) is 31.4 Å². The van der Waals surface area contributed by atoms with Crippen LogP contribution in [0.4, 0.5) is 0 Å². The summed E-state index contributed by atoms with van der Waals surface area (Å²) in [6.45, 7) is 0.106. The van der Waals surface area contributed by atoms with Crippen LogP contribution in [0, 0.1) is 0 Å². The number of benzene rings is 1. The highest BCUT2D eigenvalue weighted by Gasteiger charge is 2.43. The van der Waals surface area contributed by atoms with Crippen molar-refractivity contribution in [1.82, 2.24) is 14.7 Å². The van der Waals surface area contributed by atoms with Gasteiger partial charge in [-0.2, -0.15) is 5.10 Å². The van der Waals surface area contributed by atoms with Crippen molar-refractivity contribution < 1.29 is 9.53 Å². The lowest BCUT2D eigenvalue weighted by Gasteiger charge is -2.39. The van der Waals surface area contributed by atoms with Crippen molar-refractivity contribution in [3.63, 3.8) is 0 Å². The number of aromatic nitrogens is 2. The van der Waals surface area contributed by atoms with Gasteiger partial charge in [-0.05, 0) is 37.8 Å². The summed E-state index contributed by atoms with van der Waals surface area (Å²) in [7, 11) is 0. The lowest BCUT2D eigenvalue weighted by atomic mass is 9.97. The van der Waals surface area contributed by atoms with Crippen molar-refractivity contribution >= 4 is 17.5 Å². The third kappa shape index (κ3) is 3.00. The highest BCUT2D eigenvalue weighted by atomic mass is 35.5. The number of para-hydroxylation sites is 1. The maximum absolute atomic E-state index is 12.6. The van der Waals surface area contributed by atoms with Gasteiger partial charge >= 0.3 is 0 Å². The van der Waals surface area contributed by atoms with Gasteiger partial charge in [-0.25, -0.2) is 0 Å². The van der Waals surface area contributed by atoms with E-state index in [2.05, 4.69) is 5.10 Å². The van der Waals surface area contributed by atoms with Gasteiger partial charge in [0.2, 0.25) is 0 Å². The van der Waals surface area contributed by atoms with Gasteiger partial charge in [-0.3, -0.25) is 9.48 Å². The number of carbonyl (C=O) groups excluding carboxylic acids is 1. The van der Waals surface area contributed by atoms with Gasteiger partial charge in [0.05, 0.1) is 17.3 Å². The molecule has 1 aromatic carbocycles. The molecule has 24 heavy (non-hydrogen) atoms. The average Bonchev–Trinajstić information content (AvgIpc) is 3.15. The second-order valence-corrected chi connectivity index (χ2v) is 6.99. The van der Waals surface area contributed by atoms with Gasteiger partial charge in [0.15, 0.2) is 6.61 Å². The van der Waals surface area contributed by atoms with Crippen LogP contribution in [0.15, 0.2) is 42.7 Å². The number of amides is 1. The molecule has 2 fully saturated rings. The first-order valence-corrected chi connectivity index (χ1v) is 8.77. The standard InChI is InChI=1S/C18H20ClN3O2/c19-13-10-20-21(11-13)16-8-14-6-7-15(9-16)22(14)18(23)12-24-17-4-2-1-3-5-17/h1-5,10-11,14-16H,6-9,12H2. The minimum Gasteiger partial charge on any atom is -0.484 e. The van der Waals surface area contributed by atoms with Crippen LogP contribution in [-0.2, 0) is 4.79 Å². The predicted octanol–water partition coefficient (Wildman–Crippen LogP) is 3.31. The fourth-order valence-corrected chi connectivity index (χ4v) is 4.17. The second-order valence-electron chi connectivity index (χ2n) is 6.55. The number of hydrogen-bond donors (Lipinski definition) is 0. The molecule has 0 saturated carbocycles. The molecule has 0 radical (unpaired) electrons. The molecule has 2 bridgehead atoms. The summed E-state index contributed by atoms with van der Waals surface area (Å²) in [5.74, 6) is 0.822. The molecule has 0 N–H and O–H groups in total. The third-order valence-electron chi connectivity index (χ3n) is 5.05. The van der Waals surface area contributed by atoms with E-state index < -0.39 is 0 Å². The van der Waals surface area contributed by atoms with Crippen molar-refractivity contribution in [2.75, 3.05) is 6.61 Å². The van der Waals surface area contributed by atoms with Gasteiger partial charge in [-0.1, -0.05) is 29.8 Å². The number of carbonyl (C=O) groups is 1. The Morgan fingerprint density at radius 3 is 2.50 bits per heavy atom. The Balaban J connectivity index is 1.40. The molecule has 2 atom stereocenters. The number of piperidine rings is 1. The van der Waals surface area contributed by atoms with E-state index in [0.29, 0.717) is 11.1 Å². The Hall–Kier alpha value is -2.01. The van der Waals surface area contributed by atoms with Crippen molar-refractivity contribution in [1.29, 1.82) is 0 Å². The van der Waals surface area contributed by atoms with Crippen LogP contribution in [0.2, 0.25) is 5.02 Å². The Bertz CT molecular complexity index is 704. The SMILES string of the molecule is O=C(COc1ccccc1)N1C2CCC1CC(n1cc(Cl)cn1)C2. The average molecular weight is 346 g/mol. The predicted molar refractivity (Wildman–Crippen MR) is 91.1 cm³/mol. The van der Waals surface area contributed by atoms with Gasteiger partial charge in [0.1, 0.15) is 5.75 Å². The highest BCUT2D eigenvalue weighted by molar-refractivity contribution is 6.30. The molecule has 2 aliphatic heterocycles. The van der Waals surface area contributed by atoms with E-state index in [9.17, 15) is 4.79 Å². The first kappa shape index (κ1) is 15.5. The summed E-state index contributed by atoms with van der Waals surface area (Å²) in [5, 5.41) is 5.00. The quantitative estimate of drug-likeness (QED) is 0.854. The van der Waals surface area contributed by atoms with Crippen LogP contribution >= 0.6 is 11.6 Å². The molecule has 2 aromatic rings. The number of nitrogens with zero attached hydrogens (tertiary/aromatic N) is 3.